The summed E-state index contributed by atoms with van der Waals surface area (Å²) >= 11 is 0. The molecule has 1 aromatic carbocycles. The van der Waals surface area contributed by atoms with Crippen LogP contribution in [0.4, 0.5) is 0 Å². The minimum Gasteiger partial charge on any atom is -0.388 e. The van der Waals surface area contributed by atoms with Crippen molar-refractivity contribution in [1.82, 2.24) is 4.90 Å². The molecule has 1 N–H and O–H groups in total. The zero-order chi connectivity index (χ0) is 12.8. The van der Waals surface area contributed by atoms with E-state index in [0.717, 1.165) is 24.6 Å². The number of aliphatic hydroxyl groups excluding tert-OH is 1. The lowest BCUT2D eigenvalue weighted by atomic mass is 10.1. The van der Waals surface area contributed by atoms with Crippen molar-refractivity contribution in [3.63, 3.8) is 0 Å². The van der Waals surface area contributed by atoms with Crippen LogP contribution in [0.1, 0.15) is 50.7 Å². The van der Waals surface area contributed by atoms with Gasteiger partial charge in [0, 0.05) is 12.6 Å². The fraction of sp³-hybridized carbons (Fsp3) is 0.625. The van der Waals surface area contributed by atoms with Gasteiger partial charge in [-0.3, -0.25) is 0 Å². The molecule has 100 valence electrons. The molecule has 0 aliphatic heterocycles. The van der Waals surface area contributed by atoms with Crippen molar-refractivity contribution in [2.45, 2.75) is 51.2 Å². The van der Waals surface area contributed by atoms with E-state index in [2.05, 4.69) is 11.8 Å². The Kier molecular flexibility index (Phi) is 5.21. The number of rotatable bonds is 8. The first-order valence-corrected chi connectivity index (χ1v) is 7.28. The molecule has 2 nitrogen and oxygen atoms in total. The summed E-state index contributed by atoms with van der Waals surface area (Å²) in [5.74, 6) is 0. The largest absolute Gasteiger partial charge is 0.388 e. The van der Waals surface area contributed by atoms with Crippen molar-refractivity contribution in [3.8, 4) is 0 Å². The molecule has 1 aliphatic carbocycles. The van der Waals surface area contributed by atoms with Gasteiger partial charge in [0.25, 0.3) is 0 Å². The number of hydrogen-bond donors (Lipinski definition) is 1. The lowest BCUT2D eigenvalue weighted by Gasteiger charge is -2.23. The van der Waals surface area contributed by atoms with Crippen molar-refractivity contribution in [2.75, 3.05) is 13.1 Å². The van der Waals surface area contributed by atoms with E-state index in [0.29, 0.717) is 0 Å². The van der Waals surface area contributed by atoms with Gasteiger partial charge < -0.3 is 10.0 Å². The molecule has 2 heteroatoms. The Morgan fingerprint density at radius 2 is 1.94 bits per heavy atom. The quantitative estimate of drug-likeness (QED) is 0.761. The van der Waals surface area contributed by atoms with E-state index < -0.39 is 0 Å². The summed E-state index contributed by atoms with van der Waals surface area (Å²) in [6.07, 6.45) is 5.78. The molecule has 0 spiro atoms. The molecule has 1 aliphatic rings. The van der Waals surface area contributed by atoms with Gasteiger partial charge in [-0.15, -0.1) is 0 Å². The van der Waals surface area contributed by atoms with E-state index in [-0.39, 0.29) is 6.10 Å². The van der Waals surface area contributed by atoms with Crippen LogP contribution < -0.4 is 0 Å². The van der Waals surface area contributed by atoms with E-state index >= 15 is 0 Å². The Morgan fingerprint density at radius 1 is 1.22 bits per heavy atom. The Labute approximate surface area is 111 Å². The first-order chi connectivity index (χ1) is 8.81. The average Bonchev–Trinajstić information content (AvgIpc) is 3.24. The fourth-order valence-electron chi connectivity index (χ4n) is 2.41. The van der Waals surface area contributed by atoms with Crippen LogP contribution in [0.15, 0.2) is 30.3 Å². The summed E-state index contributed by atoms with van der Waals surface area (Å²) in [5, 5.41) is 10.2. The highest BCUT2D eigenvalue weighted by molar-refractivity contribution is 5.17. The summed E-state index contributed by atoms with van der Waals surface area (Å²) in [5.41, 5.74) is 1.05. The summed E-state index contributed by atoms with van der Waals surface area (Å²) < 4.78 is 0. The van der Waals surface area contributed by atoms with Crippen LogP contribution >= 0.6 is 0 Å². The third-order valence-corrected chi connectivity index (χ3v) is 3.74. The summed E-state index contributed by atoms with van der Waals surface area (Å²) in [7, 11) is 0. The van der Waals surface area contributed by atoms with E-state index in [9.17, 15) is 5.11 Å². The molecule has 0 heterocycles. The smallest absolute Gasteiger partial charge is 0.0802 e. The Morgan fingerprint density at radius 3 is 2.56 bits per heavy atom. The molecule has 18 heavy (non-hydrogen) atoms. The molecule has 0 bridgehead atoms. The van der Waals surface area contributed by atoms with Gasteiger partial charge in [-0.25, -0.2) is 0 Å². The van der Waals surface area contributed by atoms with Crippen LogP contribution in [0.2, 0.25) is 0 Å². The van der Waals surface area contributed by atoms with Crippen molar-refractivity contribution in [2.24, 2.45) is 0 Å². The van der Waals surface area contributed by atoms with E-state index in [1.807, 2.05) is 30.3 Å². The maximum absolute atomic E-state index is 10.2. The van der Waals surface area contributed by atoms with Crippen LogP contribution in [0.25, 0.3) is 0 Å². The molecule has 1 aromatic rings. The lowest BCUT2D eigenvalue weighted by molar-refractivity contribution is 0.138. The molecule has 1 unspecified atom stereocenters. The third kappa shape index (κ3) is 4.11. The SMILES string of the molecule is CCCCN(CCC(O)c1ccccc1)C1CC1. The summed E-state index contributed by atoms with van der Waals surface area (Å²) in [6, 6.07) is 10.8. The zero-order valence-electron chi connectivity index (χ0n) is 11.4. The second-order valence-electron chi connectivity index (χ2n) is 5.34. The van der Waals surface area contributed by atoms with Gasteiger partial charge in [0.05, 0.1) is 6.10 Å². The van der Waals surface area contributed by atoms with E-state index in [1.165, 1.54) is 32.2 Å². The molecular formula is C16H25NO. The fourth-order valence-corrected chi connectivity index (χ4v) is 2.41. The highest BCUT2D eigenvalue weighted by Gasteiger charge is 2.28. The van der Waals surface area contributed by atoms with Gasteiger partial charge in [0.2, 0.25) is 0 Å². The molecule has 2 rings (SSSR count). The first-order valence-electron chi connectivity index (χ1n) is 7.28. The van der Waals surface area contributed by atoms with Crippen LogP contribution in [0.3, 0.4) is 0 Å². The van der Waals surface area contributed by atoms with Crippen LogP contribution in [0, 0.1) is 0 Å². The molecule has 1 fully saturated rings. The normalized spacial score (nSPS) is 17.1. The maximum Gasteiger partial charge on any atom is 0.0802 e. The molecule has 1 atom stereocenters. The van der Waals surface area contributed by atoms with Crippen molar-refractivity contribution < 1.29 is 5.11 Å². The predicted octanol–water partition coefficient (Wildman–Crippen LogP) is 3.37. The Bertz CT molecular complexity index is 334. The number of hydrogen-bond acceptors (Lipinski definition) is 2. The number of unbranched alkanes of at least 4 members (excludes halogenated alkanes) is 1. The highest BCUT2D eigenvalue weighted by atomic mass is 16.3. The third-order valence-electron chi connectivity index (χ3n) is 3.74. The van der Waals surface area contributed by atoms with Gasteiger partial charge in [0.1, 0.15) is 0 Å². The van der Waals surface area contributed by atoms with Gasteiger partial charge in [-0.05, 0) is 37.8 Å². The predicted molar refractivity (Wildman–Crippen MR) is 75.5 cm³/mol. The Balaban J connectivity index is 1.78. The van der Waals surface area contributed by atoms with E-state index in [1.54, 1.807) is 0 Å². The summed E-state index contributed by atoms with van der Waals surface area (Å²) in [4.78, 5) is 2.57. The topological polar surface area (TPSA) is 23.5 Å². The summed E-state index contributed by atoms with van der Waals surface area (Å²) in [6.45, 7) is 4.47. The minimum atomic E-state index is -0.311. The number of aliphatic hydroxyl groups is 1. The van der Waals surface area contributed by atoms with Crippen molar-refractivity contribution >= 4 is 0 Å². The lowest BCUT2D eigenvalue weighted by Crippen LogP contribution is -2.29. The first kappa shape index (κ1) is 13.6. The molecule has 0 saturated heterocycles. The molecule has 0 amide bonds. The molecule has 0 aromatic heterocycles. The van der Waals surface area contributed by atoms with Gasteiger partial charge in [-0.1, -0.05) is 43.7 Å². The molecule has 1 saturated carbocycles. The monoisotopic (exact) mass is 247 g/mol. The minimum absolute atomic E-state index is 0.311. The van der Waals surface area contributed by atoms with Crippen molar-refractivity contribution in [1.29, 1.82) is 0 Å². The van der Waals surface area contributed by atoms with Gasteiger partial charge in [0.15, 0.2) is 0 Å². The van der Waals surface area contributed by atoms with Crippen LogP contribution in [0.5, 0.6) is 0 Å². The highest BCUT2D eigenvalue weighted by Crippen LogP contribution is 2.28. The maximum atomic E-state index is 10.2. The van der Waals surface area contributed by atoms with Crippen LogP contribution in [-0.2, 0) is 0 Å². The standard InChI is InChI=1S/C16H25NO/c1-2-3-12-17(15-9-10-15)13-11-16(18)14-7-5-4-6-8-14/h4-8,15-16,18H,2-3,9-13H2,1H3. The molecular weight excluding hydrogens is 222 g/mol. The number of nitrogens with zero attached hydrogens (tertiary/aromatic N) is 1. The Hall–Kier alpha value is -0.860. The van der Waals surface area contributed by atoms with Crippen molar-refractivity contribution in [3.05, 3.63) is 35.9 Å². The number of benzene rings is 1. The van der Waals surface area contributed by atoms with E-state index in [4.69, 9.17) is 0 Å². The van der Waals surface area contributed by atoms with Gasteiger partial charge in [-0.2, -0.15) is 0 Å². The average molecular weight is 247 g/mol. The van der Waals surface area contributed by atoms with Crippen LogP contribution in [-0.4, -0.2) is 29.1 Å². The second kappa shape index (κ2) is 6.91. The zero-order valence-corrected chi connectivity index (χ0v) is 11.4. The van der Waals surface area contributed by atoms with Gasteiger partial charge >= 0.3 is 0 Å². The molecule has 0 radical (unpaired) electrons. The second-order valence-corrected chi connectivity index (χ2v) is 5.34.